The lowest BCUT2D eigenvalue weighted by molar-refractivity contribution is -0.0721. The number of guanidine groups is 1. The van der Waals surface area contributed by atoms with E-state index in [1.807, 2.05) is 7.05 Å². The number of rotatable bonds is 6. The van der Waals surface area contributed by atoms with E-state index in [4.69, 9.17) is 9.47 Å². The second-order valence-electron chi connectivity index (χ2n) is 8.36. The van der Waals surface area contributed by atoms with Gasteiger partial charge < -0.3 is 19.7 Å². The number of nitrogens with zero attached hydrogens (tertiary/aromatic N) is 3. The van der Waals surface area contributed by atoms with Crippen LogP contribution in [0.25, 0.3) is 0 Å². The zero-order valence-electron chi connectivity index (χ0n) is 17.5. The van der Waals surface area contributed by atoms with Gasteiger partial charge in [-0.2, -0.15) is 0 Å². The van der Waals surface area contributed by atoms with Crippen molar-refractivity contribution in [3.8, 4) is 0 Å². The van der Waals surface area contributed by atoms with Crippen molar-refractivity contribution in [1.29, 1.82) is 0 Å². The number of likely N-dealkylation sites (tertiary alicyclic amines) is 2. The van der Waals surface area contributed by atoms with E-state index in [1.165, 1.54) is 38.6 Å². The van der Waals surface area contributed by atoms with Gasteiger partial charge in [-0.1, -0.05) is 6.42 Å². The van der Waals surface area contributed by atoms with Crippen molar-refractivity contribution in [3.05, 3.63) is 0 Å². The summed E-state index contributed by atoms with van der Waals surface area (Å²) in [7, 11) is 1.90. The van der Waals surface area contributed by atoms with E-state index in [1.54, 1.807) is 0 Å². The molecule has 3 saturated heterocycles. The lowest BCUT2D eigenvalue weighted by Gasteiger charge is -2.36. The Morgan fingerprint density at radius 1 is 1.07 bits per heavy atom. The highest BCUT2D eigenvalue weighted by Crippen LogP contribution is 2.18. The molecule has 0 aromatic rings. The van der Waals surface area contributed by atoms with Crippen LogP contribution in [0.1, 0.15) is 58.3 Å². The molecule has 2 atom stereocenters. The maximum absolute atomic E-state index is 6.14. The zero-order chi connectivity index (χ0) is 18.9. The van der Waals surface area contributed by atoms with Crippen molar-refractivity contribution >= 4 is 5.96 Å². The van der Waals surface area contributed by atoms with Crippen molar-refractivity contribution in [2.24, 2.45) is 4.99 Å². The van der Waals surface area contributed by atoms with E-state index in [0.717, 1.165) is 70.7 Å². The standard InChI is InChI=1S/C21H40N4O2/c1-18-7-3-5-12-24(18)15-11-23-21(22-2)25-13-9-19(10-14-25)27-17-20-8-4-6-16-26-20/h18-20H,3-17H2,1-2H3,(H,22,23). The quantitative estimate of drug-likeness (QED) is 0.567. The van der Waals surface area contributed by atoms with Crippen LogP contribution >= 0.6 is 0 Å². The molecule has 6 heteroatoms. The second kappa shape index (κ2) is 11.2. The van der Waals surface area contributed by atoms with Gasteiger partial charge in [-0.05, 0) is 58.4 Å². The Hall–Kier alpha value is -0.850. The summed E-state index contributed by atoms with van der Waals surface area (Å²) in [5, 5.41) is 3.58. The van der Waals surface area contributed by atoms with Crippen LogP contribution in [0, 0.1) is 0 Å². The summed E-state index contributed by atoms with van der Waals surface area (Å²) in [6.07, 6.45) is 10.6. The summed E-state index contributed by atoms with van der Waals surface area (Å²) in [6, 6.07) is 0.726. The molecule has 6 nitrogen and oxygen atoms in total. The molecule has 156 valence electrons. The number of hydrogen-bond donors (Lipinski definition) is 1. The van der Waals surface area contributed by atoms with Crippen molar-refractivity contribution in [3.63, 3.8) is 0 Å². The van der Waals surface area contributed by atoms with Crippen LogP contribution in [-0.4, -0.2) is 87.0 Å². The molecule has 2 unspecified atom stereocenters. The van der Waals surface area contributed by atoms with Gasteiger partial charge in [0.25, 0.3) is 0 Å². The molecule has 0 aromatic heterocycles. The predicted molar refractivity (Wildman–Crippen MR) is 110 cm³/mol. The van der Waals surface area contributed by atoms with Gasteiger partial charge in [0.2, 0.25) is 0 Å². The number of ether oxygens (including phenoxy) is 2. The second-order valence-corrected chi connectivity index (χ2v) is 8.36. The lowest BCUT2D eigenvalue weighted by atomic mass is 10.0. The number of aliphatic imine (C=N–C) groups is 1. The fourth-order valence-electron chi connectivity index (χ4n) is 4.55. The van der Waals surface area contributed by atoms with Gasteiger partial charge in [0, 0.05) is 45.9 Å². The minimum Gasteiger partial charge on any atom is -0.376 e. The van der Waals surface area contributed by atoms with Gasteiger partial charge in [-0.3, -0.25) is 9.89 Å². The maximum Gasteiger partial charge on any atom is 0.193 e. The predicted octanol–water partition coefficient (Wildman–Crippen LogP) is 2.49. The summed E-state index contributed by atoms with van der Waals surface area (Å²) in [4.78, 5) is 9.50. The molecular formula is C21H40N4O2. The molecule has 0 aliphatic carbocycles. The third-order valence-electron chi connectivity index (χ3n) is 6.37. The fourth-order valence-corrected chi connectivity index (χ4v) is 4.55. The van der Waals surface area contributed by atoms with Crippen LogP contribution in [0.15, 0.2) is 4.99 Å². The molecule has 1 N–H and O–H groups in total. The molecule has 0 bridgehead atoms. The molecule has 0 aromatic carbocycles. The van der Waals surface area contributed by atoms with E-state index >= 15 is 0 Å². The molecular weight excluding hydrogens is 340 g/mol. The van der Waals surface area contributed by atoms with Crippen LogP contribution in [0.2, 0.25) is 0 Å². The van der Waals surface area contributed by atoms with Crippen LogP contribution < -0.4 is 5.32 Å². The lowest BCUT2D eigenvalue weighted by Crippen LogP contribution is -2.49. The molecule has 27 heavy (non-hydrogen) atoms. The summed E-state index contributed by atoms with van der Waals surface area (Å²) in [5.41, 5.74) is 0. The highest BCUT2D eigenvalue weighted by atomic mass is 16.5. The van der Waals surface area contributed by atoms with E-state index < -0.39 is 0 Å². The van der Waals surface area contributed by atoms with Gasteiger partial charge in [0.1, 0.15) is 0 Å². The van der Waals surface area contributed by atoms with Crippen molar-refractivity contribution in [2.75, 3.05) is 53.0 Å². The molecule has 3 aliphatic heterocycles. The Morgan fingerprint density at radius 3 is 2.59 bits per heavy atom. The van der Waals surface area contributed by atoms with Crippen LogP contribution in [0.3, 0.4) is 0 Å². The minimum absolute atomic E-state index is 0.323. The van der Waals surface area contributed by atoms with Crippen molar-refractivity contribution < 1.29 is 9.47 Å². The highest BCUT2D eigenvalue weighted by Gasteiger charge is 2.24. The van der Waals surface area contributed by atoms with Gasteiger partial charge >= 0.3 is 0 Å². The first-order valence-corrected chi connectivity index (χ1v) is 11.2. The molecule has 0 spiro atoms. The Kier molecular flexibility index (Phi) is 8.68. The highest BCUT2D eigenvalue weighted by molar-refractivity contribution is 5.79. The van der Waals surface area contributed by atoms with Gasteiger partial charge in [0.15, 0.2) is 5.96 Å². The van der Waals surface area contributed by atoms with E-state index in [0.29, 0.717) is 12.2 Å². The Morgan fingerprint density at radius 2 is 1.89 bits per heavy atom. The largest absolute Gasteiger partial charge is 0.376 e. The minimum atomic E-state index is 0.323. The third kappa shape index (κ3) is 6.61. The van der Waals surface area contributed by atoms with Crippen molar-refractivity contribution in [1.82, 2.24) is 15.1 Å². The van der Waals surface area contributed by atoms with E-state index in [-0.39, 0.29) is 0 Å². The Labute approximate surface area is 165 Å². The molecule has 3 fully saturated rings. The van der Waals surface area contributed by atoms with E-state index in [9.17, 15) is 0 Å². The Balaban J connectivity index is 1.32. The van der Waals surface area contributed by atoms with Crippen LogP contribution in [0.5, 0.6) is 0 Å². The first-order chi connectivity index (χ1) is 13.3. The Bertz CT molecular complexity index is 445. The monoisotopic (exact) mass is 380 g/mol. The number of piperidine rings is 2. The average molecular weight is 381 g/mol. The first-order valence-electron chi connectivity index (χ1n) is 11.2. The molecule has 3 heterocycles. The summed E-state index contributed by atoms with van der Waals surface area (Å²) >= 11 is 0. The molecule has 0 saturated carbocycles. The summed E-state index contributed by atoms with van der Waals surface area (Å²) in [6.45, 7) is 9.42. The van der Waals surface area contributed by atoms with Crippen LogP contribution in [-0.2, 0) is 9.47 Å². The first kappa shape index (κ1) is 20.9. The summed E-state index contributed by atoms with van der Waals surface area (Å²) < 4.78 is 11.9. The topological polar surface area (TPSA) is 49.3 Å². The number of hydrogen-bond acceptors (Lipinski definition) is 4. The van der Waals surface area contributed by atoms with Gasteiger partial charge in [-0.25, -0.2) is 0 Å². The number of nitrogens with one attached hydrogen (secondary N) is 1. The van der Waals surface area contributed by atoms with Crippen LogP contribution in [0.4, 0.5) is 0 Å². The fraction of sp³-hybridized carbons (Fsp3) is 0.952. The molecule has 0 amide bonds. The third-order valence-corrected chi connectivity index (χ3v) is 6.37. The van der Waals surface area contributed by atoms with Crippen molar-refractivity contribution in [2.45, 2.75) is 76.5 Å². The summed E-state index contributed by atoms with van der Waals surface area (Å²) in [5.74, 6) is 1.05. The zero-order valence-corrected chi connectivity index (χ0v) is 17.5. The maximum atomic E-state index is 6.14. The van der Waals surface area contributed by atoms with Gasteiger partial charge in [0.05, 0.1) is 18.8 Å². The molecule has 3 rings (SSSR count). The molecule has 3 aliphatic rings. The van der Waals surface area contributed by atoms with Gasteiger partial charge in [-0.15, -0.1) is 0 Å². The SMILES string of the molecule is CN=C(NCCN1CCCCC1C)N1CCC(OCC2CCCCO2)CC1. The van der Waals surface area contributed by atoms with E-state index in [2.05, 4.69) is 27.0 Å². The molecule has 0 radical (unpaired) electrons. The smallest absolute Gasteiger partial charge is 0.193 e. The average Bonchev–Trinajstić information content (AvgIpc) is 2.72. The normalized spacial score (nSPS) is 29.1.